The van der Waals surface area contributed by atoms with Gasteiger partial charge in [0.2, 0.25) is 5.84 Å². The van der Waals surface area contributed by atoms with E-state index in [0.717, 1.165) is 36.1 Å². The van der Waals surface area contributed by atoms with Crippen molar-refractivity contribution in [2.75, 3.05) is 25.1 Å². The maximum atomic E-state index is 12.0. The summed E-state index contributed by atoms with van der Waals surface area (Å²) in [5, 5.41) is 4.23. The summed E-state index contributed by atoms with van der Waals surface area (Å²) in [6, 6.07) is 7.61. The van der Waals surface area contributed by atoms with E-state index in [1.165, 1.54) is 0 Å². The molecule has 116 valence electrons. The number of ether oxygens (including phenoxy) is 1. The molecule has 21 heavy (non-hydrogen) atoms. The molecule has 1 saturated heterocycles. The lowest BCUT2D eigenvalue weighted by Gasteiger charge is -2.18. The number of hydrazone groups is 1. The molecule has 1 aliphatic rings. The Bertz CT molecular complexity index is 485. The number of anilines is 1. The number of amidine groups is 1. The largest absolute Gasteiger partial charge is 0.460 e. The van der Waals surface area contributed by atoms with E-state index in [2.05, 4.69) is 26.5 Å². The average molecular weight is 421 g/mol. The molecule has 0 aliphatic carbocycles. The number of nitrogens with zero attached hydrogens (tertiary/aromatic N) is 2. The zero-order valence-corrected chi connectivity index (χ0v) is 15.1. The Kier molecular flexibility index (Phi) is 7.74. The van der Waals surface area contributed by atoms with E-state index in [9.17, 15) is 4.79 Å². The lowest BCUT2D eigenvalue weighted by atomic mass is 10.3. The van der Waals surface area contributed by atoms with Crippen LogP contribution in [0.3, 0.4) is 0 Å². The fourth-order valence-electron chi connectivity index (χ4n) is 2.01. The van der Waals surface area contributed by atoms with Crippen molar-refractivity contribution in [1.82, 2.24) is 4.90 Å². The molecule has 7 heteroatoms. The predicted octanol–water partition coefficient (Wildman–Crippen LogP) is 3.41. The summed E-state index contributed by atoms with van der Waals surface area (Å²) in [4.78, 5) is 13.9. The number of likely N-dealkylation sites (tertiary alicyclic amines) is 1. The summed E-state index contributed by atoms with van der Waals surface area (Å²) in [5.41, 5.74) is 3.74. The molecule has 0 unspecified atom stereocenters. The van der Waals surface area contributed by atoms with Crippen LogP contribution >= 0.6 is 32.9 Å². The molecular weight excluding hydrogens is 402 g/mol. The highest BCUT2D eigenvalue weighted by molar-refractivity contribution is 9.10. The molecule has 1 aromatic rings. The minimum absolute atomic E-state index is 0. The second kappa shape index (κ2) is 9.04. The Labute approximate surface area is 143 Å². The van der Waals surface area contributed by atoms with Gasteiger partial charge in [-0.3, -0.25) is 5.43 Å². The summed E-state index contributed by atoms with van der Waals surface area (Å²) in [6.45, 7) is 3.84. The molecule has 2 rings (SSSR count). The summed E-state index contributed by atoms with van der Waals surface area (Å²) in [6.07, 6.45) is 2.16. The maximum absolute atomic E-state index is 12.0. The number of rotatable bonds is 3. The quantitative estimate of drug-likeness (QED) is 0.352. The van der Waals surface area contributed by atoms with Crippen LogP contribution in [0.25, 0.3) is 0 Å². The SMILES string of the molecule is Br.CCOC(=O)C(=NNc1ccc(Br)cc1)N1CCCC1. The normalized spacial score (nSPS) is 14.6. The molecule has 0 spiro atoms. The van der Waals surface area contributed by atoms with Gasteiger partial charge >= 0.3 is 5.97 Å². The van der Waals surface area contributed by atoms with Crippen LogP contribution in [0, 0.1) is 0 Å². The molecule has 1 aromatic carbocycles. The third-order valence-electron chi connectivity index (χ3n) is 3.00. The van der Waals surface area contributed by atoms with Gasteiger partial charge in [-0.05, 0) is 44.0 Å². The third kappa shape index (κ3) is 5.32. The summed E-state index contributed by atoms with van der Waals surface area (Å²) in [7, 11) is 0. The maximum Gasteiger partial charge on any atom is 0.375 e. The zero-order chi connectivity index (χ0) is 14.4. The first kappa shape index (κ1) is 18.0. The monoisotopic (exact) mass is 419 g/mol. The van der Waals surface area contributed by atoms with Crippen LogP contribution in [0.5, 0.6) is 0 Å². The topological polar surface area (TPSA) is 53.9 Å². The molecule has 1 heterocycles. The Morgan fingerprint density at radius 3 is 2.52 bits per heavy atom. The van der Waals surface area contributed by atoms with E-state index in [1.54, 1.807) is 6.92 Å². The van der Waals surface area contributed by atoms with E-state index >= 15 is 0 Å². The van der Waals surface area contributed by atoms with Gasteiger partial charge in [0.15, 0.2) is 0 Å². The van der Waals surface area contributed by atoms with Gasteiger partial charge in [-0.15, -0.1) is 22.1 Å². The first-order chi connectivity index (χ1) is 9.70. The number of carbonyl (C=O) groups is 1. The molecule has 0 amide bonds. The van der Waals surface area contributed by atoms with Crippen LogP contribution in [0.1, 0.15) is 19.8 Å². The molecule has 0 aromatic heterocycles. The lowest BCUT2D eigenvalue weighted by molar-refractivity contribution is -0.135. The molecule has 1 fully saturated rings. The van der Waals surface area contributed by atoms with Crippen LogP contribution in [0.4, 0.5) is 5.69 Å². The highest BCUT2D eigenvalue weighted by atomic mass is 79.9. The van der Waals surface area contributed by atoms with E-state index in [1.807, 2.05) is 29.2 Å². The fourth-order valence-corrected chi connectivity index (χ4v) is 2.28. The Morgan fingerprint density at radius 1 is 1.33 bits per heavy atom. The standard InChI is InChI=1S/C14H18BrN3O2.BrH/c1-2-20-14(19)13(18-9-3-4-10-18)17-16-12-7-5-11(15)6-8-12;/h5-8,16H,2-4,9-10H2,1H3;1H. The number of esters is 1. The minimum Gasteiger partial charge on any atom is -0.460 e. The van der Waals surface area contributed by atoms with Crippen molar-refractivity contribution < 1.29 is 9.53 Å². The van der Waals surface area contributed by atoms with E-state index < -0.39 is 0 Å². The number of hydrogen-bond acceptors (Lipinski definition) is 4. The van der Waals surface area contributed by atoms with Gasteiger partial charge in [-0.25, -0.2) is 4.79 Å². The Balaban J connectivity index is 0.00000220. The van der Waals surface area contributed by atoms with Crippen LogP contribution in [0.15, 0.2) is 33.8 Å². The smallest absolute Gasteiger partial charge is 0.375 e. The van der Waals surface area contributed by atoms with Crippen molar-refractivity contribution in [1.29, 1.82) is 0 Å². The van der Waals surface area contributed by atoms with Gasteiger partial charge in [0.1, 0.15) is 0 Å². The Morgan fingerprint density at radius 2 is 1.95 bits per heavy atom. The number of hydrogen-bond donors (Lipinski definition) is 1. The predicted molar refractivity (Wildman–Crippen MR) is 93.0 cm³/mol. The van der Waals surface area contributed by atoms with E-state index in [4.69, 9.17) is 4.74 Å². The average Bonchev–Trinajstić information content (AvgIpc) is 2.95. The Hall–Kier alpha value is -1.08. The first-order valence-corrected chi connectivity index (χ1v) is 7.51. The van der Waals surface area contributed by atoms with E-state index in [-0.39, 0.29) is 23.0 Å². The molecular formula is C14H19Br2N3O2. The number of benzene rings is 1. The molecule has 0 bridgehead atoms. The van der Waals surface area contributed by atoms with Crippen LogP contribution < -0.4 is 5.43 Å². The second-order valence-corrected chi connectivity index (χ2v) is 5.38. The van der Waals surface area contributed by atoms with Gasteiger partial charge < -0.3 is 9.64 Å². The fraction of sp³-hybridized carbons (Fsp3) is 0.429. The summed E-state index contributed by atoms with van der Waals surface area (Å²) in [5.74, 6) is -0.0220. The molecule has 0 radical (unpaired) electrons. The zero-order valence-electron chi connectivity index (χ0n) is 11.8. The molecule has 0 atom stereocenters. The van der Waals surface area contributed by atoms with Gasteiger partial charge in [0.25, 0.3) is 0 Å². The first-order valence-electron chi connectivity index (χ1n) is 6.72. The molecule has 1 aliphatic heterocycles. The van der Waals surface area contributed by atoms with Crippen molar-refractivity contribution >= 4 is 50.4 Å². The van der Waals surface area contributed by atoms with Gasteiger partial charge in [-0.2, -0.15) is 0 Å². The van der Waals surface area contributed by atoms with Gasteiger partial charge in [0, 0.05) is 17.6 Å². The number of nitrogens with one attached hydrogen (secondary N) is 1. The van der Waals surface area contributed by atoms with Crippen LogP contribution in [0.2, 0.25) is 0 Å². The minimum atomic E-state index is -0.376. The van der Waals surface area contributed by atoms with Crippen LogP contribution in [-0.2, 0) is 9.53 Å². The van der Waals surface area contributed by atoms with Crippen molar-refractivity contribution in [3.8, 4) is 0 Å². The van der Waals surface area contributed by atoms with Crippen molar-refractivity contribution in [2.24, 2.45) is 5.10 Å². The van der Waals surface area contributed by atoms with E-state index in [0.29, 0.717) is 12.4 Å². The summed E-state index contributed by atoms with van der Waals surface area (Å²) < 4.78 is 6.06. The molecule has 1 N–H and O–H groups in total. The number of carbonyl (C=O) groups excluding carboxylic acids is 1. The van der Waals surface area contributed by atoms with Crippen molar-refractivity contribution in [2.45, 2.75) is 19.8 Å². The van der Waals surface area contributed by atoms with Crippen molar-refractivity contribution in [3.05, 3.63) is 28.7 Å². The highest BCUT2D eigenvalue weighted by Crippen LogP contribution is 2.15. The van der Waals surface area contributed by atoms with Gasteiger partial charge in [0.05, 0.1) is 12.3 Å². The second-order valence-electron chi connectivity index (χ2n) is 4.47. The lowest BCUT2D eigenvalue weighted by Crippen LogP contribution is -2.36. The van der Waals surface area contributed by atoms with Gasteiger partial charge in [-0.1, -0.05) is 15.9 Å². The number of halogens is 2. The third-order valence-corrected chi connectivity index (χ3v) is 3.53. The summed E-state index contributed by atoms with van der Waals surface area (Å²) >= 11 is 3.38. The molecule has 5 nitrogen and oxygen atoms in total. The highest BCUT2D eigenvalue weighted by Gasteiger charge is 2.23. The molecule has 0 saturated carbocycles. The van der Waals surface area contributed by atoms with Crippen molar-refractivity contribution in [3.63, 3.8) is 0 Å². The van der Waals surface area contributed by atoms with Crippen LogP contribution in [-0.4, -0.2) is 36.4 Å².